The number of rotatable bonds is 5. The molecule has 1 aliphatic rings. The van der Waals surface area contributed by atoms with Crippen LogP contribution in [-0.4, -0.2) is 22.7 Å². The topological polar surface area (TPSA) is 44.1 Å². The summed E-state index contributed by atoms with van der Waals surface area (Å²) >= 11 is 0. The Morgan fingerprint density at radius 2 is 2.17 bits per heavy atom. The molecule has 1 heterocycles. The van der Waals surface area contributed by atoms with Crippen LogP contribution in [0.3, 0.4) is 0 Å². The Kier molecular flexibility index (Phi) is 4.39. The molecule has 0 aliphatic heterocycles. The highest BCUT2D eigenvalue weighted by molar-refractivity contribution is 5.97. The molecule has 0 radical (unpaired) electrons. The summed E-state index contributed by atoms with van der Waals surface area (Å²) in [5.41, 5.74) is 0.644. The summed E-state index contributed by atoms with van der Waals surface area (Å²) in [6.07, 6.45) is 8.51. The van der Waals surface area contributed by atoms with Gasteiger partial charge in [-0.3, -0.25) is 9.48 Å². The summed E-state index contributed by atoms with van der Waals surface area (Å²) < 4.78 is 6.97. The summed E-state index contributed by atoms with van der Waals surface area (Å²) in [6.45, 7) is 2.69. The van der Waals surface area contributed by atoms with Gasteiger partial charge in [-0.2, -0.15) is 5.10 Å². The third kappa shape index (κ3) is 2.74. The smallest absolute Gasteiger partial charge is 0.184 e. The van der Waals surface area contributed by atoms with Crippen molar-refractivity contribution in [3.63, 3.8) is 0 Å². The largest absolute Gasteiger partial charge is 0.493 e. The fourth-order valence-corrected chi connectivity index (χ4v) is 2.79. The molecule has 0 N–H and O–H groups in total. The van der Waals surface area contributed by atoms with Gasteiger partial charge in [-0.1, -0.05) is 32.1 Å². The van der Waals surface area contributed by atoms with Gasteiger partial charge in [0.25, 0.3) is 0 Å². The molecule has 0 amide bonds. The van der Waals surface area contributed by atoms with Crippen molar-refractivity contribution in [2.24, 2.45) is 5.92 Å². The van der Waals surface area contributed by atoms with E-state index >= 15 is 0 Å². The van der Waals surface area contributed by atoms with Gasteiger partial charge in [-0.05, 0) is 12.8 Å². The molecule has 0 bridgehead atoms. The van der Waals surface area contributed by atoms with Crippen LogP contribution in [0.2, 0.25) is 0 Å². The molecule has 4 heteroatoms. The molecule has 0 aromatic carbocycles. The van der Waals surface area contributed by atoms with Crippen molar-refractivity contribution in [3.05, 3.63) is 11.9 Å². The van der Waals surface area contributed by atoms with Gasteiger partial charge in [0.1, 0.15) is 5.69 Å². The maximum absolute atomic E-state index is 12.4. The summed E-state index contributed by atoms with van der Waals surface area (Å²) in [5.74, 6) is 1.34. The van der Waals surface area contributed by atoms with Crippen molar-refractivity contribution >= 4 is 5.78 Å². The molecule has 2 rings (SSSR count). The maximum Gasteiger partial charge on any atom is 0.184 e. The SMILES string of the molecule is CCn1ncc(OC)c1C(=O)CC1CCCCC1. The van der Waals surface area contributed by atoms with Gasteiger partial charge >= 0.3 is 0 Å². The second-order valence-electron chi connectivity index (χ2n) is 5.01. The third-order valence-electron chi connectivity index (χ3n) is 3.79. The minimum Gasteiger partial charge on any atom is -0.493 e. The van der Waals surface area contributed by atoms with E-state index in [0.717, 1.165) is 0 Å². The first-order valence-corrected chi connectivity index (χ1v) is 6.89. The minimum atomic E-state index is 0.179. The van der Waals surface area contributed by atoms with Crippen molar-refractivity contribution in [1.82, 2.24) is 9.78 Å². The van der Waals surface area contributed by atoms with Crippen molar-refractivity contribution in [3.8, 4) is 5.75 Å². The summed E-state index contributed by atoms with van der Waals surface area (Å²) in [6, 6.07) is 0. The first kappa shape index (κ1) is 13.1. The number of ketones is 1. The summed E-state index contributed by atoms with van der Waals surface area (Å²) in [4.78, 5) is 12.4. The Morgan fingerprint density at radius 3 is 2.78 bits per heavy atom. The minimum absolute atomic E-state index is 0.179. The van der Waals surface area contributed by atoms with Crippen LogP contribution in [0, 0.1) is 5.92 Å². The van der Waals surface area contributed by atoms with E-state index in [4.69, 9.17) is 4.74 Å². The van der Waals surface area contributed by atoms with Crippen molar-refractivity contribution < 1.29 is 9.53 Å². The number of carbonyl (C=O) groups excluding carboxylic acids is 1. The average Bonchev–Trinajstić information content (AvgIpc) is 2.82. The molecule has 0 unspecified atom stereocenters. The van der Waals surface area contributed by atoms with E-state index < -0.39 is 0 Å². The van der Waals surface area contributed by atoms with Crippen LogP contribution in [0.4, 0.5) is 0 Å². The van der Waals surface area contributed by atoms with E-state index in [-0.39, 0.29) is 5.78 Å². The number of carbonyl (C=O) groups is 1. The summed E-state index contributed by atoms with van der Waals surface area (Å²) in [7, 11) is 1.59. The molecule has 4 nitrogen and oxygen atoms in total. The van der Waals surface area contributed by atoms with Gasteiger partial charge in [-0.25, -0.2) is 0 Å². The lowest BCUT2D eigenvalue weighted by Gasteiger charge is -2.20. The lowest BCUT2D eigenvalue weighted by atomic mass is 9.85. The number of ether oxygens (including phenoxy) is 1. The molecule has 18 heavy (non-hydrogen) atoms. The van der Waals surface area contributed by atoms with Crippen molar-refractivity contribution in [2.75, 3.05) is 7.11 Å². The molecule has 1 aliphatic carbocycles. The molecule has 100 valence electrons. The molecule has 0 spiro atoms. The molecule has 1 aromatic heterocycles. The highest BCUT2D eigenvalue weighted by Gasteiger charge is 2.23. The Labute approximate surface area is 108 Å². The third-order valence-corrected chi connectivity index (χ3v) is 3.79. The lowest BCUT2D eigenvalue weighted by Crippen LogP contribution is -2.16. The quantitative estimate of drug-likeness (QED) is 0.754. The van der Waals surface area contributed by atoms with E-state index in [9.17, 15) is 4.79 Å². The Bertz CT molecular complexity index is 384. The molecular weight excluding hydrogens is 228 g/mol. The van der Waals surface area contributed by atoms with E-state index in [2.05, 4.69) is 5.10 Å². The van der Waals surface area contributed by atoms with E-state index in [1.165, 1.54) is 32.1 Å². The number of hydrogen-bond acceptors (Lipinski definition) is 3. The molecular formula is C14H22N2O2. The number of aryl methyl sites for hydroxylation is 1. The van der Waals surface area contributed by atoms with E-state index in [0.29, 0.717) is 30.3 Å². The molecule has 1 aromatic rings. The standard InChI is InChI=1S/C14H22N2O2/c1-3-16-14(13(18-2)10-15-16)12(17)9-11-7-5-4-6-8-11/h10-11H,3-9H2,1-2H3. The summed E-state index contributed by atoms with van der Waals surface area (Å²) in [5, 5.41) is 4.19. The number of nitrogens with zero attached hydrogens (tertiary/aromatic N) is 2. The van der Waals surface area contributed by atoms with Gasteiger partial charge < -0.3 is 4.74 Å². The normalized spacial score (nSPS) is 16.8. The van der Waals surface area contributed by atoms with Crippen LogP contribution in [0.25, 0.3) is 0 Å². The highest BCUT2D eigenvalue weighted by atomic mass is 16.5. The van der Waals surface area contributed by atoms with Crippen LogP contribution in [0.5, 0.6) is 5.75 Å². The van der Waals surface area contributed by atoms with Crippen LogP contribution in [0.1, 0.15) is 55.9 Å². The second kappa shape index (κ2) is 6.03. The Balaban J connectivity index is 2.09. The zero-order chi connectivity index (χ0) is 13.0. The number of aromatic nitrogens is 2. The van der Waals surface area contributed by atoms with Gasteiger partial charge in [0.05, 0.1) is 13.3 Å². The monoisotopic (exact) mass is 250 g/mol. The van der Waals surface area contributed by atoms with Gasteiger partial charge in [0.2, 0.25) is 0 Å². The van der Waals surface area contributed by atoms with Crippen LogP contribution in [-0.2, 0) is 6.54 Å². The number of methoxy groups -OCH3 is 1. The number of hydrogen-bond donors (Lipinski definition) is 0. The predicted octanol–water partition coefficient (Wildman–Crippen LogP) is 3.06. The van der Waals surface area contributed by atoms with E-state index in [1.54, 1.807) is 18.0 Å². The van der Waals surface area contributed by atoms with Crippen LogP contribution >= 0.6 is 0 Å². The van der Waals surface area contributed by atoms with Crippen LogP contribution in [0.15, 0.2) is 6.20 Å². The predicted molar refractivity (Wildman–Crippen MR) is 70.0 cm³/mol. The Hall–Kier alpha value is -1.32. The van der Waals surface area contributed by atoms with Gasteiger partial charge in [0.15, 0.2) is 11.5 Å². The lowest BCUT2D eigenvalue weighted by molar-refractivity contribution is 0.0936. The Morgan fingerprint density at radius 1 is 1.44 bits per heavy atom. The number of Topliss-reactive ketones (excluding diaryl/α,β-unsaturated/α-hetero) is 1. The highest BCUT2D eigenvalue weighted by Crippen LogP contribution is 2.29. The van der Waals surface area contributed by atoms with Crippen LogP contribution < -0.4 is 4.74 Å². The zero-order valence-corrected chi connectivity index (χ0v) is 11.3. The van der Waals surface area contributed by atoms with Crippen molar-refractivity contribution in [2.45, 2.75) is 52.0 Å². The first-order valence-electron chi connectivity index (χ1n) is 6.89. The van der Waals surface area contributed by atoms with Crippen molar-refractivity contribution in [1.29, 1.82) is 0 Å². The second-order valence-corrected chi connectivity index (χ2v) is 5.01. The molecule has 0 atom stereocenters. The van der Waals surface area contributed by atoms with E-state index in [1.807, 2.05) is 6.92 Å². The van der Waals surface area contributed by atoms with Gasteiger partial charge in [0, 0.05) is 13.0 Å². The average molecular weight is 250 g/mol. The maximum atomic E-state index is 12.4. The first-order chi connectivity index (χ1) is 8.76. The fourth-order valence-electron chi connectivity index (χ4n) is 2.79. The fraction of sp³-hybridized carbons (Fsp3) is 0.714. The molecule has 0 saturated heterocycles. The van der Waals surface area contributed by atoms with Gasteiger partial charge in [-0.15, -0.1) is 0 Å². The molecule has 1 saturated carbocycles. The zero-order valence-electron chi connectivity index (χ0n) is 11.3. The molecule has 1 fully saturated rings.